The number of amides is 1. The minimum absolute atomic E-state index is 0.336. The van der Waals surface area contributed by atoms with Crippen LogP contribution in [0.25, 0.3) is 0 Å². The molecule has 0 bridgehead atoms. The third kappa shape index (κ3) is 3.40. The van der Waals surface area contributed by atoms with Crippen molar-refractivity contribution in [1.29, 1.82) is 0 Å². The van der Waals surface area contributed by atoms with Crippen molar-refractivity contribution >= 4 is 5.91 Å². The lowest BCUT2D eigenvalue weighted by atomic mass is 9.98. The highest BCUT2D eigenvalue weighted by Gasteiger charge is 2.42. The van der Waals surface area contributed by atoms with Crippen LogP contribution in [0.3, 0.4) is 0 Å². The molecule has 1 aliphatic carbocycles. The lowest BCUT2D eigenvalue weighted by Gasteiger charge is -2.33. The number of hydrogen-bond donors (Lipinski definition) is 2. The van der Waals surface area contributed by atoms with Gasteiger partial charge in [-0.25, -0.2) is 0 Å². The Morgan fingerprint density at radius 1 is 1.59 bits per heavy atom. The predicted octanol–water partition coefficient (Wildman–Crippen LogP) is 0.0785. The summed E-state index contributed by atoms with van der Waals surface area (Å²) in [6.07, 6.45) is 2.27. The second-order valence-corrected chi connectivity index (χ2v) is 5.24. The normalized spacial score (nSPS) is 29.2. The molecular formula is C12H25N3O2. The summed E-state index contributed by atoms with van der Waals surface area (Å²) in [5.74, 6) is -0.379. The number of rotatable bonds is 6. The maximum absolute atomic E-state index is 11.3. The van der Waals surface area contributed by atoms with Gasteiger partial charge in [0.2, 0.25) is 5.91 Å². The maximum Gasteiger partial charge on any atom is 0.237 e. The third-order valence-corrected chi connectivity index (χ3v) is 3.70. The zero-order valence-electron chi connectivity index (χ0n) is 11.1. The summed E-state index contributed by atoms with van der Waals surface area (Å²) in [5, 5.41) is 0. The van der Waals surface area contributed by atoms with E-state index in [1.807, 2.05) is 0 Å². The Bertz CT molecular complexity index is 270. The van der Waals surface area contributed by atoms with Crippen molar-refractivity contribution in [2.75, 3.05) is 20.3 Å². The van der Waals surface area contributed by atoms with Gasteiger partial charge in [-0.1, -0.05) is 0 Å². The topological polar surface area (TPSA) is 81.6 Å². The van der Waals surface area contributed by atoms with Crippen LogP contribution in [0.15, 0.2) is 0 Å². The molecule has 0 aromatic rings. The molecular weight excluding hydrogens is 218 g/mol. The number of nitrogens with two attached hydrogens (primary N) is 2. The lowest BCUT2D eigenvalue weighted by Crippen LogP contribution is -2.51. The fraction of sp³-hybridized carbons (Fsp3) is 0.917. The summed E-state index contributed by atoms with van der Waals surface area (Å²) in [4.78, 5) is 13.7. The van der Waals surface area contributed by atoms with Crippen LogP contribution in [0.1, 0.15) is 33.1 Å². The van der Waals surface area contributed by atoms with Crippen molar-refractivity contribution in [3.05, 3.63) is 0 Å². The molecule has 2 unspecified atom stereocenters. The first-order valence-electron chi connectivity index (χ1n) is 6.24. The summed E-state index contributed by atoms with van der Waals surface area (Å²) in [5.41, 5.74) is 10.6. The van der Waals surface area contributed by atoms with Crippen molar-refractivity contribution in [2.24, 2.45) is 11.5 Å². The van der Waals surface area contributed by atoms with Gasteiger partial charge in [-0.05, 0) is 33.1 Å². The van der Waals surface area contributed by atoms with E-state index in [1.165, 1.54) is 0 Å². The average Bonchev–Trinajstić information content (AvgIpc) is 2.62. The van der Waals surface area contributed by atoms with Gasteiger partial charge in [0.05, 0.1) is 12.1 Å². The van der Waals surface area contributed by atoms with Crippen molar-refractivity contribution < 1.29 is 9.53 Å². The molecule has 1 rings (SSSR count). The molecule has 4 N–H and O–H groups in total. The maximum atomic E-state index is 11.3. The summed E-state index contributed by atoms with van der Waals surface area (Å²) >= 11 is 0. The van der Waals surface area contributed by atoms with E-state index in [9.17, 15) is 4.79 Å². The van der Waals surface area contributed by atoms with Gasteiger partial charge >= 0.3 is 0 Å². The van der Waals surface area contributed by atoms with Crippen LogP contribution >= 0.6 is 0 Å². The highest BCUT2D eigenvalue weighted by atomic mass is 16.5. The number of primary amides is 1. The van der Waals surface area contributed by atoms with Crippen LogP contribution < -0.4 is 11.5 Å². The van der Waals surface area contributed by atoms with E-state index >= 15 is 0 Å². The zero-order valence-corrected chi connectivity index (χ0v) is 11.1. The molecule has 1 aliphatic rings. The molecule has 0 saturated heterocycles. The van der Waals surface area contributed by atoms with Gasteiger partial charge in [-0.15, -0.1) is 0 Å². The number of methoxy groups -OCH3 is 1. The van der Waals surface area contributed by atoms with Crippen LogP contribution in [0.2, 0.25) is 0 Å². The van der Waals surface area contributed by atoms with Crippen molar-refractivity contribution in [3.63, 3.8) is 0 Å². The summed E-state index contributed by atoms with van der Waals surface area (Å²) in [7, 11) is 1.70. The molecule has 17 heavy (non-hydrogen) atoms. The zero-order chi connectivity index (χ0) is 13.1. The standard InChI is InChI=1S/C12H25N3O2/c1-9(2)15(6-7-17-3)10-4-5-12(14,8-10)11(13)16/h9-10H,4-8,14H2,1-3H3,(H2,13,16). The Labute approximate surface area is 103 Å². The summed E-state index contributed by atoms with van der Waals surface area (Å²) in [6.45, 7) is 5.86. The van der Waals surface area contributed by atoms with E-state index in [0.29, 0.717) is 31.5 Å². The van der Waals surface area contributed by atoms with Crippen LogP contribution in [-0.2, 0) is 9.53 Å². The third-order valence-electron chi connectivity index (χ3n) is 3.70. The minimum Gasteiger partial charge on any atom is -0.383 e. The van der Waals surface area contributed by atoms with E-state index in [1.54, 1.807) is 7.11 Å². The largest absolute Gasteiger partial charge is 0.383 e. The second-order valence-electron chi connectivity index (χ2n) is 5.24. The lowest BCUT2D eigenvalue weighted by molar-refractivity contribution is -0.123. The van der Waals surface area contributed by atoms with Crippen molar-refractivity contribution in [3.8, 4) is 0 Å². The first kappa shape index (κ1) is 14.4. The highest BCUT2D eigenvalue weighted by molar-refractivity contribution is 5.84. The smallest absolute Gasteiger partial charge is 0.237 e. The van der Waals surface area contributed by atoms with Gasteiger partial charge in [0, 0.05) is 25.7 Å². The number of hydrogen-bond acceptors (Lipinski definition) is 4. The summed E-state index contributed by atoms with van der Waals surface area (Å²) in [6, 6.07) is 0.757. The van der Waals surface area contributed by atoms with Crippen LogP contribution in [0, 0.1) is 0 Å². The van der Waals surface area contributed by atoms with Gasteiger partial charge in [0.25, 0.3) is 0 Å². The quantitative estimate of drug-likeness (QED) is 0.692. The van der Waals surface area contributed by atoms with Gasteiger partial charge in [-0.2, -0.15) is 0 Å². The van der Waals surface area contributed by atoms with Gasteiger partial charge < -0.3 is 16.2 Å². The molecule has 0 aromatic carbocycles. The van der Waals surface area contributed by atoms with Crippen molar-refractivity contribution in [1.82, 2.24) is 4.90 Å². The Balaban J connectivity index is 2.63. The van der Waals surface area contributed by atoms with E-state index < -0.39 is 5.54 Å². The van der Waals surface area contributed by atoms with E-state index in [0.717, 1.165) is 13.0 Å². The van der Waals surface area contributed by atoms with Crippen LogP contribution in [-0.4, -0.2) is 48.7 Å². The fourth-order valence-electron chi connectivity index (χ4n) is 2.61. The van der Waals surface area contributed by atoms with E-state index in [2.05, 4.69) is 18.7 Å². The molecule has 0 aromatic heterocycles. The first-order valence-corrected chi connectivity index (χ1v) is 6.24. The van der Waals surface area contributed by atoms with Crippen LogP contribution in [0.4, 0.5) is 0 Å². The monoisotopic (exact) mass is 243 g/mol. The molecule has 1 amide bonds. The second kappa shape index (κ2) is 5.80. The van der Waals surface area contributed by atoms with E-state index in [4.69, 9.17) is 16.2 Å². The number of carbonyl (C=O) groups is 1. The predicted molar refractivity (Wildman–Crippen MR) is 67.5 cm³/mol. The van der Waals surface area contributed by atoms with Gasteiger partial charge in [0.1, 0.15) is 0 Å². The molecule has 5 nitrogen and oxygen atoms in total. The Morgan fingerprint density at radius 2 is 2.24 bits per heavy atom. The van der Waals surface area contributed by atoms with Gasteiger partial charge in [-0.3, -0.25) is 9.69 Å². The molecule has 0 spiro atoms. The highest BCUT2D eigenvalue weighted by Crippen LogP contribution is 2.31. The van der Waals surface area contributed by atoms with E-state index in [-0.39, 0.29) is 5.91 Å². The summed E-state index contributed by atoms with van der Waals surface area (Å²) < 4.78 is 5.12. The Morgan fingerprint density at radius 3 is 2.65 bits per heavy atom. The SMILES string of the molecule is COCCN(C(C)C)C1CCC(N)(C(N)=O)C1. The van der Waals surface area contributed by atoms with Crippen molar-refractivity contribution in [2.45, 2.75) is 50.7 Å². The fourth-order valence-corrected chi connectivity index (χ4v) is 2.61. The molecule has 0 radical (unpaired) electrons. The van der Waals surface area contributed by atoms with Gasteiger partial charge in [0.15, 0.2) is 0 Å². The Kier molecular flexibility index (Phi) is 4.91. The number of nitrogens with zero attached hydrogens (tertiary/aromatic N) is 1. The molecule has 1 fully saturated rings. The molecule has 0 aliphatic heterocycles. The molecule has 2 atom stereocenters. The molecule has 0 heterocycles. The minimum atomic E-state index is -0.815. The first-order chi connectivity index (χ1) is 7.90. The Hall–Kier alpha value is -0.650. The average molecular weight is 243 g/mol. The molecule has 1 saturated carbocycles. The molecule has 5 heteroatoms. The number of ether oxygens (including phenoxy) is 1. The number of carbonyl (C=O) groups excluding carboxylic acids is 1. The van der Waals surface area contributed by atoms with Crippen LogP contribution in [0.5, 0.6) is 0 Å². The molecule has 100 valence electrons.